The van der Waals surface area contributed by atoms with Crippen molar-refractivity contribution >= 4 is 32.9 Å². The van der Waals surface area contributed by atoms with Gasteiger partial charge in [0.25, 0.3) is 5.91 Å². The van der Waals surface area contributed by atoms with Gasteiger partial charge in [0.05, 0.1) is 24.1 Å². The van der Waals surface area contributed by atoms with E-state index in [9.17, 15) is 4.79 Å². The molecule has 3 rings (SSSR count). The van der Waals surface area contributed by atoms with E-state index in [1.54, 1.807) is 12.1 Å². The Hall–Kier alpha value is -2.40. The highest BCUT2D eigenvalue weighted by Gasteiger charge is 2.12. The van der Waals surface area contributed by atoms with E-state index in [1.807, 2.05) is 42.5 Å². The molecular weight excluding hydrogens is 354 g/mol. The molecule has 23 heavy (non-hydrogen) atoms. The molecule has 1 amide bonds. The predicted molar refractivity (Wildman–Crippen MR) is 95.4 cm³/mol. The number of halogens is 1. The second-order valence-electron chi connectivity index (χ2n) is 5.17. The maximum absolute atomic E-state index is 12.2. The lowest BCUT2D eigenvalue weighted by Crippen LogP contribution is -2.24. The third-order valence-corrected chi connectivity index (χ3v) is 3.76. The van der Waals surface area contributed by atoms with Crippen molar-refractivity contribution in [3.63, 3.8) is 0 Å². The first-order chi connectivity index (χ1) is 11.1. The zero-order valence-corrected chi connectivity index (χ0v) is 14.1. The summed E-state index contributed by atoms with van der Waals surface area (Å²) in [7, 11) is 0. The minimum Gasteiger partial charge on any atom is -0.345 e. The van der Waals surface area contributed by atoms with Gasteiger partial charge in [0.1, 0.15) is 5.82 Å². The predicted octanol–water partition coefficient (Wildman–Crippen LogP) is 3.87. The topological polar surface area (TPSA) is 46.9 Å². The summed E-state index contributed by atoms with van der Waals surface area (Å²) in [5.74, 6) is 0.693. The number of carbonyl (C=O) groups is 1. The van der Waals surface area contributed by atoms with Gasteiger partial charge in [-0.15, -0.1) is 0 Å². The van der Waals surface area contributed by atoms with Crippen molar-refractivity contribution in [2.45, 2.75) is 13.1 Å². The molecule has 3 aromatic rings. The summed E-state index contributed by atoms with van der Waals surface area (Å²) in [6.45, 7) is 4.87. The summed E-state index contributed by atoms with van der Waals surface area (Å²) in [5.41, 5.74) is 2.57. The molecule has 116 valence electrons. The van der Waals surface area contributed by atoms with Crippen molar-refractivity contribution in [1.29, 1.82) is 0 Å². The van der Waals surface area contributed by atoms with Crippen molar-refractivity contribution < 1.29 is 4.79 Å². The summed E-state index contributed by atoms with van der Waals surface area (Å²) >= 11 is 3.40. The Balaban J connectivity index is 1.84. The molecule has 0 radical (unpaired) electrons. The highest BCUT2D eigenvalue weighted by molar-refractivity contribution is 9.11. The maximum Gasteiger partial charge on any atom is 0.251 e. The van der Waals surface area contributed by atoms with Crippen LogP contribution in [0.25, 0.3) is 11.0 Å². The minimum atomic E-state index is -0.109. The van der Waals surface area contributed by atoms with Gasteiger partial charge < -0.3 is 9.88 Å². The highest BCUT2D eigenvalue weighted by Crippen LogP contribution is 2.19. The number of benzene rings is 2. The molecule has 0 fully saturated rings. The van der Waals surface area contributed by atoms with Crippen LogP contribution in [0.2, 0.25) is 0 Å². The van der Waals surface area contributed by atoms with Gasteiger partial charge in [-0.05, 0) is 24.3 Å². The molecule has 0 atom stereocenters. The van der Waals surface area contributed by atoms with Gasteiger partial charge in [-0.2, -0.15) is 0 Å². The first-order valence-corrected chi connectivity index (χ1v) is 8.05. The Morgan fingerprint density at radius 3 is 2.57 bits per heavy atom. The van der Waals surface area contributed by atoms with Crippen molar-refractivity contribution in [1.82, 2.24) is 14.9 Å². The molecule has 2 aromatic carbocycles. The van der Waals surface area contributed by atoms with Crippen molar-refractivity contribution in [3.8, 4) is 0 Å². The van der Waals surface area contributed by atoms with E-state index in [4.69, 9.17) is 0 Å². The molecule has 0 bridgehead atoms. The lowest BCUT2D eigenvalue weighted by molar-refractivity contribution is 0.0949. The molecule has 0 aliphatic carbocycles. The number of imidazole rings is 1. The van der Waals surface area contributed by atoms with Crippen LogP contribution in [0, 0.1) is 0 Å². The molecule has 5 heteroatoms. The standard InChI is InChI=1S/C18H16BrN3O/c1-13(19)12-22-16-10-6-5-9-15(16)21-17(22)11-20-18(23)14-7-3-2-4-8-14/h2-10H,1,11-12H2,(H,20,23). The van der Waals surface area contributed by atoms with E-state index in [2.05, 4.69) is 37.4 Å². The number of hydrogen-bond donors (Lipinski definition) is 1. The molecule has 0 spiro atoms. The van der Waals surface area contributed by atoms with E-state index >= 15 is 0 Å². The first kappa shape index (κ1) is 15.5. The van der Waals surface area contributed by atoms with Gasteiger partial charge >= 0.3 is 0 Å². The number of para-hydroxylation sites is 2. The lowest BCUT2D eigenvalue weighted by atomic mass is 10.2. The van der Waals surface area contributed by atoms with Gasteiger partial charge in [0, 0.05) is 10.0 Å². The fraction of sp³-hybridized carbons (Fsp3) is 0.111. The molecule has 4 nitrogen and oxygen atoms in total. The van der Waals surface area contributed by atoms with Crippen LogP contribution in [0.15, 0.2) is 65.7 Å². The normalized spacial score (nSPS) is 10.7. The number of nitrogens with zero attached hydrogens (tertiary/aromatic N) is 2. The van der Waals surface area contributed by atoms with E-state index in [0.717, 1.165) is 21.3 Å². The summed E-state index contributed by atoms with van der Waals surface area (Å²) in [6, 6.07) is 17.1. The van der Waals surface area contributed by atoms with Crippen molar-refractivity contribution in [2.75, 3.05) is 0 Å². The Morgan fingerprint density at radius 1 is 1.13 bits per heavy atom. The largest absolute Gasteiger partial charge is 0.345 e. The summed E-state index contributed by atoms with van der Waals surface area (Å²) in [5, 5.41) is 2.92. The summed E-state index contributed by atoms with van der Waals surface area (Å²) < 4.78 is 2.91. The third kappa shape index (κ3) is 3.51. The van der Waals surface area contributed by atoms with Crippen LogP contribution >= 0.6 is 15.9 Å². The van der Waals surface area contributed by atoms with Crippen LogP contribution in [0.3, 0.4) is 0 Å². The molecule has 0 saturated carbocycles. The molecule has 1 aromatic heterocycles. The minimum absolute atomic E-state index is 0.109. The molecule has 0 unspecified atom stereocenters. The fourth-order valence-corrected chi connectivity index (χ4v) is 2.71. The van der Waals surface area contributed by atoms with Gasteiger partial charge in [0.15, 0.2) is 0 Å². The first-order valence-electron chi connectivity index (χ1n) is 7.26. The number of amides is 1. The van der Waals surface area contributed by atoms with Gasteiger partial charge in [-0.1, -0.05) is 52.8 Å². The van der Waals surface area contributed by atoms with Crippen LogP contribution in [0.5, 0.6) is 0 Å². The van der Waals surface area contributed by atoms with Crippen LogP contribution in [0.1, 0.15) is 16.2 Å². The second kappa shape index (κ2) is 6.79. The quantitative estimate of drug-likeness (QED) is 0.741. The Labute approximate surface area is 143 Å². The lowest BCUT2D eigenvalue weighted by Gasteiger charge is -2.09. The zero-order valence-electron chi connectivity index (χ0n) is 12.5. The number of rotatable bonds is 5. The molecule has 0 aliphatic rings. The fourth-order valence-electron chi connectivity index (χ4n) is 2.46. The Bertz CT molecular complexity index is 855. The second-order valence-corrected chi connectivity index (χ2v) is 6.29. The van der Waals surface area contributed by atoms with Gasteiger partial charge in [-0.25, -0.2) is 4.98 Å². The number of fused-ring (bicyclic) bond motifs is 1. The average molecular weight is 370 g/mol. The van der Waals surface area contributed by atoms with Gasteiger partial charge in [-0.3, -0.25) is 4.79 Å². The van der Waals surface area contributed by atoms with E-state index in [-0.39, 0.29) is 5.91 Å². The number of carbonyl (C=O) groups excluding carboxylic acids is 1. The molecule has 0 aliphatic heterocycles. The van der Waals surface area contributed by atoms with Crippen molar-refractivity contribution in [3.05, 3.63) is 77.0 Å². The zero-order chi connectivity index (χ0) is 16.2. The Kier molecular flexibility index (Phi) is 4.57. The average Bonchev–Trinajstić information content (AvgIpc) is 2.91. The number of nitrogens with one attached hydrogen (secondary N) is 1. The van der Waals surface area contributed by atoms with Crippen LogP contribution in [-0.4, -0.2) is 15.5 Å². The van der Waals surface area contributed by atoms with E-state index in [0.29, 0.717) is 18.7 Å². The number of aromatic nitrogens is 2. The van der Waals surface area contributed by atoms with Crippen LogP contribution in [0.4, 0.5) is 0 Å². The highest BCUT2D eigenvalue weighted by atomic mass is 79.9. The summed E-state index contributed by atoms with van der Waals surface area (Å²) in [6.07, 6.45) is 0. The maximum atomic E-state index is 12.2. The smallest absolute Gasteiger partial charge is 0.251 e. The van der Waals surface area contributed by atoms with Crippen LogP contribution in [-0.2, 0) is 13.1 Å². The SMILES string of the molecule is C=C(Br)Cn1c(CNC(=O)c2ccccc2)nc2ccccc21. The van der Waals surface area contributed by atoms with Crippen LogP contribution < -0.4 is 5.32 Å². The van der Waals surface area contributed by atoms with Crippen molar-refractivity contribution in [2.24, 2.45) is 0 Å². The van der Waals surface area contributed by atoms with E-state index in [1.165, 1.54) is 0 Å². The number of hydrogen-bond acceptors (Lipinski definition) is 2. The number of allylic oxidation sites excluding steroid dienone is 1. The Morgan fingerprint density at radius 2 is 1.83 bits per heavy atom. The molecular formula is C18H16BrN3O. The molecule has 1 N–H and O–H groups in total. The molecule has 1 heterocycles. The van der Waals surface area contributed by atoms with Gasteiger partial charge in [0.2, 0.25) is 0 Å². The monoisotopic (exact) mass is 369 g/mol. The molecule has 0 saturated heterocycles. The third-order valence-electron chi connectivity index (χ3n) is 3.51. The van der Waals surface area contributed by atoms with E-state index < -0.39 is 0 Å². The summed E-state index contributed by atoms with van der Waals surface area (Å²) in [4.78, 5) is 16.8.